The van der Waals surface area contributed by atoms with Crippen molar-refractivity contribution in [2.75, 3.05) is 17.2 Å². The highest BCUT2D eigenvalue weighted by Gasteiger charge is 2.03. The fourth-order valence-corrected chi connectivity index (χ4v) is 1.85. The average Bonchev–Trinajstić information content (AvgIpc) is 2.41. The summed E-state index contributed by atoms with van der Waals surface area (Å²) in [6.45, 7) is 5.15. The molecule has 0 spiro atoms. The number of halogens is 2. The van der Waals surface area contributed by atoms with E-state index in [1.54, 1.807) is 12.1 Å². The van der Waals surface area contributed by atoms with E-state index in [0.29, 0.717) is 21.8 Å². The first-order chi connectivity index (χ1) is 9.54. The number of benzene rings is 1. The van der Waals surface area contributed by atoms with Gasteiger partial charge in [-0.15, -0.1) is 0 Å². The molecule has 106 valence electrons. The van der Waals surface area contributed by atoms with Gasteiger partial charge in [0, 0.05) is 18.3 Å². The van der Waals surface area contributed by atoms with Gasteiger partial charge >= 0.3 is 0 Å². The lowest BCUT2D eigenvalue weighted by atomic mass is 10.2. The zero-order valence-electron chi connectivity index (χ0n) is 11.3. The molecular formula is C14H16Cl2N4. The highest BCUT2D eigenvalue weighted by molar-refractivity contribution is 6.42. The molecule has 0 aliphatic rings. The van der Waals surface area contributed by atoms with Gasteiger partial charge in [-0.25, -0.2) is 9.97 Å². The number of aromatic nitrogens is 2. The Labute approximate surface area is 128 Å². The Morgan fingerprint density at radius 1 is 1.05 bits per heavy atom. The maximum absolute atomic E-state index is 5.98. The normalized spacial score (nSPS) is 10.7. The second-order valence-electron chi connectivity index (χ2n) is 4.82. The Balaban J connectivity index is 2.08. The predicted molar refractivity (Wildman–Crippen MR) is 85.1 cm³/mol. The SMILES string of the molecule is CC(C)CNc1cc(Nc2ccc(Cl)c(Cl)c2)ncn1. The van der Waals surface area contributed by atoms with E-state index >= 15 is 0 Å². The molecule has 2 N–H and O–H groups in total. The van der Waals surface area contributed by atoms with Gasteiger partial charge in [-0.1, -0.05) is 37.0 Å². The molecule has 0 atom stereocenters. The fraction of sp³-hybridized carbons (Fsp3) is 0.286. The quantitative estimate of drug-likeness (QED) is 0.847. The van der Waals surface area contributed by atoms with Gasteiger partial charge in [-0.2, -0.15) is 0 Å². The summed E-state index contributed by atoms with van der Waals surface area (Å²) < 4.78 is 0. The Kier molecular flexibility index (Phi) is 5.04. The third-order valence-corrected chi connectivity index (χ3v) is 3.29. The summed E-state index contributed by atoms with van der Waals surface area (Å²) in [5.41, 5.74) is 0.827. The summed E-state index contributed by atoms with van der Waals surface area (Å²) >= 11 is 11.9. The van der Waals surface area contributed by atoms with Crippen LogP contribution in [0.4, 0.5) is 17.3 Å². The molecule has 2 aromatic rings. The molecule has 4 nitrogen and oxygen atoms in total. The minimum Gasteiger partial charge on any atom is -0.370 e. The van der Waals surface area contributed by atoms with Gasteiger partial charge in [0.25, 0.3) is 0 Å². The van der Waals surface area contributed by atoms with E-state index in [1.807, 2.05) is 12.1 Å². The first-order valence-electron chi connectivity index (χ1n) is 6.32. The third kappa shape index (κ3) is 4.25. The fourth-order valence-electron chi connectivity index (χ4n) is 1.55. The highest BCUT2D eigenvalue weighted by Crippen LogP contribution is 2.26. The molecule has 0 amide bonds. The van der Waals surface area contributed by atoms with Crippen LogP contribution in [0.15, 0.2) is 30.6 Å². The molecule has 1 aromatic carbocycles. The molecule has 0 aliphatic carbocycles. The second-order valence-corrected chi connectivity index (χ2v) is 5.63. The van der Waals surface area contributed by atoms with E-state index in [2.05, 4.69) is 34.4 Å². The first-order valence-corrected chi connectivity index (χ1v) is 7.08. The molecule has 2 rings (SSSR count). The zero-order valence-corrected chi connectivity index (χ0v) is 12.8. The van der Waals surface area contributed by atoms with Crippen molar-refractivity contribution in [1.82, 2.24) is 9.97 Å². The first kappa shape index (κ1) is 14.9. The number of hydrogen-bond acceptors (Lipinski definition) is 4. The van der Waals surface area contributed by atoms with Crippen LogP contribution in [0, 0.1) is 5.92 Å². The Hall–Kier alpha value is -1.52. The van der Waals surface area contributed by atoms with Crippen molar-refractivity contribution in [2.45, 2.75) is 13.8 Å². The highest BCUT2D eigenvalue weighted by atomic mass is 35.5. The number of nitrogens with one attached hydrogen (secondary N) is 2. The molecule has 0 bridgehead atoms. The Morgan fingerprint density at radius 2 is 1.80 bits per heavy atom. The summed E-state index contributed by atoms with van der Waals surface area (Å²) in [4.78, 5) is 8.35. The van der Waals surface area contributed by atoms with Crippen molar-refractivity contribution < 1.29 is 0 Å². The molecule has 0 fully saturated rings. The number of anilines is 3. The molecule has 0 saturated carbocycles. The molecule has 6 heteroatoms. The van der Waals surface area contributed by atoms with Gasteiger partial charge in [0.2, 0.25) is 0 Å². The van der Waals surface area contributed by atoms with Crippen molar-refractivity contribution in [3.05, 3.63) is 40.6 Å². The second kappa shape index (κ2) is 6.77. The number of rotatable bonds is 5. The minimum absolute atomic E-state index is 0.504. The van der Waals surface area contributed by atoms with E-state index < -0.39 is 0 Å². The van der Waals surface area contributed by atoms with Crippen molar-refractivity contribution in [3.63, 3.8) is 0 Å². The Bertz CT molecular complexity index is 587. The van der Waals surface area contributed by atoms with Crippen molar-refractivity contribution in [2.24, 2.45) is 5.92 Å². The maximum Gasteiger partial charge on any atom is 0.135 e. The van der Waals surface area contributed by atoms with Crippen molar-refractivity contribution >= 4 is 40.5 Å². The third-order valence-electron chi connectivity index (χ3n) is 2.55. The van der Waals surface area contributed by atoms with Gasteiger partial charge in [-0.05, 0) is 24.1 Å². The lowest BCUT2D eigenvalue weighted by molar-refractivity contribution is 0.687. The van der Waals surface area contributed by atoms with Crippen LogP contribution in [0.5, 0.6) is 0 Å². The number of nitrogens with zero attached hydrogens (tertiary/aromatic N) is 2. The molecule has 0 saturated heterocycles. The summed E-state index contributed by atoms with van der Waals surface area (Å²) in [6.07, 6.45) is 1.52. The van der Waals surface area contributed by atoms with Gasteiger partial charge in [-0.3, -0.25) is 0 Å². The molecule has 20 heavy (non-hydrogen) atoms. The molecule has 0 radical (unpaired) electrons. The minimum atomic E-state index is 0.504. The van der Waals surface area contributed by atoms with Crippen LogP contribution in [-0.4, -0.2) is 16.5 Å². The van der Waals surface area contributed by atoms with E-state index in [1.165, 1.54) is 6.33 Å². The maximum atomic E-state index is 5.98. The summed E-state index contributed by atoms with van der Waals surface area (Å²) in [5, 5.41) is 7.45. The monoisotopic (exact) mass is 310 g/mol. The molecule has 1 aromatic heterocycles. The predicted octanol–water partition coefficient (Wildman–Crippen LogP) is 4.59. The van der Waals surface area contributed by atoms with E-state index in [-0.39, 0.29) is 0 Å². The van der Waals surface area contributed by atoms with E-state index in [4.69, 9.17) is 23.2 Å². The molecule has 0 unspecified atom stereocenters. The van der Waals surface area contributed by atoms with Crippen LogP contribution in [0.2, 0.25) is 10.0 Å². The summed E-state index contributed by atoms with van der Waals surface area (Å²) in [6, 6.07) is 7.20. The van der Waals surface area contributed by atoms with Crippen LogP contribution in [-0.2, 0) is 0 Å². The summed E-state index contributed by atoms with van der Waals surface area (Å²) in [7, 11) is 0. The van der Waals surface area contributed by atoms with Crippen molar-refractivity contribution in [3.8, 4) is 0 Å². The van der Waals surface area contributed by atoms with Gasteiger partial charge in [0.15, 0.2) is 0 Å². The van der Waals surface area contributed by atoms with Gasteiger partial charge in [0.05, 0.1) is 10.0 Å². The van der Waals surface area contributed by atoms with E-state index in [9.17, 15) is 0 Å². The zero-order chi connectivity index (χ0) is 14.5. The Morgan fingerprint density at radius 3 is 2.50 bits per heavy atom. The van der Waals surface area contributed by atoms with Crippen LogP contribution >= 0.6 is 23.2 Å². The lowest BCUT2D eigenvalue weighted by Gasteiger charge is -2.10. The average molecular weight is 311 g/mol. The van der Waals surface area contributed by atoms with Gasteiger partial charge in [0.1, 0.15) is 18.0 Å². The standard InChI is InChI=1S/C14H16Cl2N4/c1-9(2)7-17-13-6-14(19-8-18-13)20-10-3-4-11(15)12(16)5-10/h3-6,8-9H,7H2,1-2H3,(H2,17,18,19,20). The van der Waals surface area contributed by atoms with Crippen LogP contribution in [0.1, 0.15) is 13.8 Å². The molecule has 0 aliphatic heterocycles. The largest absolute Gasteiger partial charge is 0.370 e. The van der Waals surface area contributed by atoms with Crippen LogP contribution in [0.3, 0.4) is 0 Å². The van der Waals surface area contributed by atoms with Crippen LogP contribution < -0.4 is 10.6 Å². The smallest absolute Gasteiger partial charge is 0.135 e. The molecule has 1 heterocycles. The lowest BCUT2D eigenvalue weighted by Crippen LogP contribution is -2.09. The topological polar surface area (TPSA) is 49.8 Å². The van der Waals surface area contributed by atoms with Crippen LogP contribution in [0.25, 0.3) is 0 Å². The molecular weight excluding hydrogens is 295 g/mol. The summed E-state index contributed by atoms with van der Waals surface area (Å²) in [5.74, 6) is 2.04. The van der Waals surface area contributed by atoms with Crippen molar-refractivity contribution in [1.29, 1.82) is 0 Å². The van der Waals surface area contributed by atoms with E-state index in [0.717, 1.165) is 18.1 Å². The number of hydrogen-bond donors (Lipinski definition) is 2. The van der Waals surface area contributed by atoms with Gasteiger partial charge < -0.3 is 10.6 Å².